The van der Waals surface area contributed by atoms with Crippen LogP contribution in [0.5, 0.6) is 5.75 Å². The number of ether oxygens (including phenoxy) is 1. The minimum Gasteiger partial charge on any atom is -0.435 e. The minimum absolute atomic E-state index is 0.00716. The van der Waals surface area contributed by atoms with Gasteiger partial charge in [-0.25, -0.2) is 0 Å². The van der Waals surface area contributed by atoms with Gasteiger partial charge in [0.05, 0.1) is 11.3 Å². The van der Waals surface area contributed by atoms with E-state index in [-0.39, 0.29) is 18.3 Å². The maximum absolute atomic E-state index is 12.2. The summed E-state index contributed by atoms with van der Waals surface area (Å²) in [6.07, 6.45) is 0.479. The Morgan fingerprint density at radius 2 is 1.83 bits per heavy atom. The number of nitrogens with one attached hydrogen (secondary N) is 2. The molecule has 0 heterocycles. The fourth-order valence-corrected chi connectivity index (χ4v) is 2.04. The highest BCUT2D eigenvalue weighted by atomic mass is 19.3. The summed E-state index contributed by atoms with van der Waals surface area (Å²) in [5.41, 5.74) is 1.66. The van der Waals surface area contributed by atoms with Crippen molar-refractivity contribution in [1.82, 2.24) is 5.32 Å². The standard InChI is InChI=1S/C17H18F2N2O3/c18-17(19)24-13-8-6-12(7-9-13)21-15-5-2-1-4-14(15)16(23)20-10-3-11-22/h1-2,4-9,17,21-22H,3,10-11H2,(H,20,23). The van der Waals surface area contributed by atoms with E-state index in [1.54, 1.807) is 36.4 Å². The van der Waals surface area contributed by atoms with Crippen molar-refractivity contribution >= 4 is 17.3 Å². The van der Waals surface area contributed by atoms with Gasteiger partial charge in [0.25, 0.3) is 5.91 Å². The van der Waals surface area contributed by atoms with Crippen LogP contribution in [0.3, 0.4) is 0 Å². The van der Waals surface area contributed by atoms with Crippen LogP contribution in [-0.4, -0.2) is 30.8 Å². The SMILES string of the molecule is O=C(NCCCO)c1ccccc1Nc1ccc(OC(F)F)cc1. The molecular formula is C17H18F2N2O3. The number of anilines is 2. The number of para-hydroxylation sites is 1. The van der Waals surface area contributed by atoms with Gasteiger partial charge in [-0.2, -0.15) is 8.78 Å². The lowest BCUT2D eigenvalue weighted by atomic mass is 10.1. The molecule has 0 unspecified atom stereocenters. The van der Waals surface area contributed by atoms with Crippen molar-refractivity contribution in [3.05, 3.63) is 54.1 Å². The molecule has 0 aromatic heterocycles. The predicted molar refractivity (Wildman–Crippen MR) is 86.8 cm³/mol. The lowest BCUT2D eigenvalue weighted by Crippen LogP contribution is -2.25. The van der Waals surface area contributed by atoms with Crippen molar-refractivity contribution in [3.63, 3.8) is 0 Å². The van der Waals surface area contributed by atoms with E-state index in [0.717, 1.165) is 0 Å². The van der Waals surface area contributed by atoms with Gasteiger partial charge in [0.2, 0.25) is 0 Å². The van der Waals surface area contributed by atoms with Crippen molar-refractivity contribution in [2.45, 2.75) is 13.0 Å². The number of rotatable bonds is 8. The molecule has 0 aliphatic carbocycles. The Kier molecular flexibility index (Phi) is 6.51. The second-order valence-corrected chi connectivity index (χ2v) is 4.91. The molecule has 0 saturated carbocycles. The molecule has 0 radical (unpaired) electrons. The first-order valence-corrected chi connectivity index (χ1v) is 7.40. The number of carbonyl (C=O) groups is 1. The van der Waals surface area contributed by atoms with Gasteiger partial charge in [-0.05, 0) is 42.8 Å². The van der Waals surface area contributed by atoms with Gasteiger partial charge in [0.15, 0.2) is 0 Å². The molecule has 0 fully saturated rings. The van der Waals surface area contributed by atoms with Gasteiger partial charge in [0, 0.05) is 18.8 Å². The van der Waals surface area contributed by atoms with Crippen LogP contribution < -0.4 is 15.4 Å². The van der Waals surface area contributed by atoms with Crippen LogP contribution >= 0.6 is 0 Å². The molecule has 1 amide bonds. The Bertz CT molecular complexity index is 663. The number of aliphatic hydroxyl groups excluding tert-OH is 1. The summed E-state index contributed by atoms with van der Waals surface area (Å²) in [6.45, 7) is -2.48. The Morgan fingerprint density at radius 3 is 2.50 bits per heavy atom. The normalized spacial score (nSPS) is 10.5. The van der Waals surface area contributed by atoms with Crippen LogP contribution in [0.1, 0.15) is 16.8 Å². The highest BCUT2D eigenvalue weighted by Gasteiger charge is 2.11. The van der Waals surface area contributed by atoms with Crippen LogP contribution in [0.2, 0.25) is 0 Å². The van der Waals surface area contributed by atoms with Gasteiger partial charge in [-0.1, -0.05) is 12.1 Å². The zero-order valence-corrected chi connectivity index (χ0v) is 12.8. The molecule has 2 aromatic rings. The molecule has 0 aliphatic rings. The van der Waals surface area contributed by atoms with Gasteiger partial charge < -0.3 is 20.5 Å². The monoisotopic (exact) mass is 336 g/mol. The number of benzene rings is 2. The topological polar surface area (TPSA) is 70.6 Å². The molecule has 0 saturated heterocycles. The summed E-state index contributed by atoms with van der Waals surface area (Å²) >= 11 is 0. The van der Waals surface area contributed by atoms with Crippen LogP contribution in [0.4, 0.5) is 20.2 Å². The lowest BCUT2D eigenvalue weighted by Gasteiger charge is -2.13. The first kappa shape index (κ1) is 17.7. The zero-order chi connectivity index (χ0) is 17.4. The van der Waals surface area contributed by atoms with Crippen LogP contribution in [0, 0.1) is 0 Å². The van der Waals surface area contributed by atoms with E-state index in [2.05, 4.69) is 15.4 Å². The van der Waals surface area contributed by atoms with Gasteiger partial charge in [0.1, 0.15) is 5.75 Å². The maximum Gasteiger partial charge on any atom is 0.387 e. The molecule has 0 atom stereocenters. The van der Waals surface area contributed by atoms with Crippen LogP contribution in [0.25, 0.3) is 0 Å². The van der Waals surface area contributed by atoms with E-state index in [9.17, 15) is 13.6 Å². The molecule has 0 bridgehead atoms. The number of alkyl halides is 2. The first-order valence-electron chi connectivity index (χ1n) is 7.40. The summed E-state index contributed by atoms with van der Waals surface area (Å²) in [7, 11) is 0. The zero-order valence-electron chi connectivity index (χ0n) is 12.8. The summed E-state index contributed by atoms with van der Waals surface area (Å²) in [6, 6.07) is 12.9. The number of carbonyl (C=O) groups excluding carboxylic acids is 1. The van der Waals surface area contributed by atoms with E-state index in [1.807, 2.05) is 0 Å². The predicted octanol–water partition coefficient (Wildman–Crippen LogP) is 3.14. The number of aliphatic hydroxyl groups is 1. The molecule has 7 heteroatoms. The molecule has 0 spiro atoms. The summed E-state index contributed by atoms with van der Waals surface area (Å²) < 4.78 is 28.6. The molecule has 0 aliphatic heterocycles. The van der Waals surface area contributed by atoms with Crippen molar-refractivity contribution < 1.29 is 23.4 Å². The average molecular weight is 336 g/mol. The van der Waals surface area contributed by atoms with E-state index < -0.39 is 6.61 Å². The second kappa shape index (κ2) is 8.83. The molecule has 5 nitrogen and oxygen atoms in total. The minimum atomic E-state index is -2.87. The van der Waals surface area contributed by atoms with E-state index >= 15 is 0 Å². The fourth-order valence-electron chi connectivity index (χ4n) is 2.04. The highest BCUT2D eigenvalue weighted by Crippen LogP contribution is 2.23. The Morgan fingerprint density at radius 1 is 1.12 bits per heavy atom. The molecule has 3 N–H and O–H groups in total. The number of hydrogen-bond donors (Lipinski definition) is 3. The maximum atomic E-state index is 12.2. The molecule has 2 rings (SSSR count). The Labute approximate surface area is 138 Å². The molecular weight excluding hydrogens is 318 g/mol. The third-order valence-corrected chi connectivity index (χ3v) is 3.15. The number of halogens is 2. The third-order valence-electron chi connectivity index (χ3n) is 3.15. The molecule has 128 valence electrons. The summed E-state index contributed by atoms with van der Waals surface area (Å²) in [5.74, 6) is -0.199. The van der Waals surface area contributed by atoms with Gasteiger partial charge in [-0.3, -0.25) is 4.79 Å². The van der Waals surface area contributed by atoms with E-state index in [1.165, 1.54) is 12.1 Å². The largest absolute Gasteiger partial charge is 0.435 e. The Hall–Kier alpha value is -2.67. The van der Waals surface area contributed by atoms with E-state index in [4.69, 9.17) is 5.11 Å². The van der Waals surface area contributed by atoms with Crippen molar-refractivity contribution in [2.75, 3.05) is 18.5 Å². The quantitative estimate of drug-likeness (QED) is 0.648. The number of hydrogen-bond acceptors (Lipinski definition) is 4. The number of amides is 1. The van der Waals surface area contributed by atoms with Gasteiger partial charge >= 0.3 is 6.61 Å². The lowest BCUT2D eigenvalue weighted by molar-refractivity contribution is -0.0498. The van der Waals surface area contributed by atoms with Crippen LogP contribution in [0.15, 0.2) is 48.5 Å². The Balaban J connectivity index is 2.08. The van der Waals surface area contributed by atoms with Crippen molar-refractivity contribution in [3.8, 4) is 5.75 Å². The highest BCUT2D eigenvalue weighted by molar-refractivity contribution is 6.00. The van der Waals surface area contributed by atoms with Crippen molar-refractivity contribution in [1.29, 1.82) is 0 Å². The van der Waals surface area contributed by atoms with Crippen LogP contribution in [-0.2, 0) is 0 Å². The second-order valence-electron chi connectivity index (χ2n) is 4.91. The average Bonchev–Trinajstić information content (AvgIpc) is 2.57. The smallest absolute Gasteiger partial charge is 0.387 e. The molecule has 24 heavy (non-hydrogen) atoms. The van der Waals surface area contributed by atoms with Crippen molar-refractivity contribution in [2.24, 2.45) is 0 Å². The third kappa shape index (κ3) is 5.20. The van der Waals surface area contributed by atoms with Gasteiger partial charge in [-0.15, -0.1) is 0 Å². The first-order chi connectivity index (χ1) is 11.6. The fraction of sp³-hybridized carbons (Fsp3) is 0.235. The summed E-state index contributed by atoms with van der Waals surface area (Å²) in [4.78, 5) is 12.2. The van der Waals surface area contributed by atoms with E-state index in [0.29, 0.717) is 29.9 Å². The molecule has 2 aromatic carbocycles. The summed E-state index contributed by atoms with van der Waals surface area (Å²) in [5, 5.41) is 14.5.